The number of hydrogen-bond donors (Lipinski definition) is 4. The SMILES string of the molecule is COc1ccccc1NC(=O)NNC(=O)c1ccc2ccccc2c1O. The van der Waals surface area contributed by atoms with Gasteiger partial charge in [-0.2, -0.15) is 0 Å². The quantitative estimate of drug-likeness (QED) is 0.545. The lowest BCUT2D eigenvalue weighted by molar-refractivity contribution is 0.0935. The van der Waals surface area contributed by atoms with Gasteiger partial charge < -0.3 is 15.2 Å². The number of methoxy groups -OCH3 is 1. The third kappa shape index (κ3) is 3.51. The van der Waals surface area contributed by atoms with Crippen LogP contribution in [0.5, 0.6) is 11.5 Å². The van der Waals surface area contributed by atoms with Crippen LogP contribution >= 0.6 is 0 Å². The number of nitrogens with one attached hydrogen (secondary N) is 3. The van der Waals surface area contributed by atoms with Crippen LogP contribution in [0.2, 0.25) is 0 Å². The molecule has 0 unspecified atom stereocenters. The van der Waals surface area contributed by atoms with Gasteiger partial charge in [-0.25, -0.2) is 10.2 Å². The van der Waals surface area contributed by atoms with E-state index in [-0.39, 0.29) is 11.3 Å². The van der Waals surface area contributed by atoms with E-state index < -0.39 is 11.9 Å². The van der Waals surface area contributed by atoms with Crippen molar-refractivity contribution < 1.29 is 19.4 Å². The number of carbonyl (C=O) groups is 2. The predicted molar refractivity (Wildman–Crippen MR) is 98.2 cm³/mol. The van der Waals surface area contributed by atoms with Crippen LogP contribution < -0.4 is 20.9 Å². The Hall–Kier alpha value is -3.74. The van der Waals surface area contributed by atoms with Crippen molar-refractivity contribution in [3.63, 3.8) is 0 Å². The van der Waals surface area contributed by atoms with Gasteiger partial charge in [0.2, 0.25) is 0 Å². The Labute approximate surface area is 149 Å². The monoisotopic (exact) mass is 351 g/mol. The van der Waals surface area contributed by atoms with Crippen molar-refractivity contribution in [2.75, 3.05) is 12.4 Å². The van der Waals surface area contributed by atoms with Crippen molar-refractivity contribution in [3.05, 3.63) is 66.2 Å². The molecule has 0 aliphatic heterocycles. The summed E-state index contributed by atoms with van der Waals surface area (Å²) < 4.78 is 5.13. The van der Waals surface area contributed by atoms with Crippen LogP contribution in [-0.4, -0.2) is 24.2 Å². The summed E-state index contributed by atoms with van der Waals surface area (Å²) in [4.78, 5) is 24.2. The smallest absolute Gasteiger partial charge is 0.338 e. The number of anilines is 1. The van der Waals surface area contributed by atoms with E-state index in [0.29, 0.717) is 16.8 Å². The average molecular weight is 351 g/mol. The molecule has 0 heterocycles. The third-order valence-electron chi connectivity index (χ3n) is 3.79. The fourth-order valence-electron chi connectivity index (χ4n) is 2.52. The zero-order valence-electron chi connectivity index (χ0n) is 13.9. The number of fused-ring (bicyclic) bond motifs is 1. The van der Waals surface area contributed by atoms with Crippen LogP contribution in [0.4, 0.5) is 10.5 Å². The predicted octanol–water partition coefficient (Wildman–Crippen LogP) is 3.02. The van der Waals surface area contributed by atoms with Crippen LogP contribution in [0.25, 0.3) is 10.8 Å². The highest BCUT2D eigenvalue weighted by Crippen LogP contribution is 2.28. The molecule has 0 aromatic heterocycles. The molecule has 3 aromatic carbocycles. The van der Waals surface area contributed by atoms with Gasteiger partial charge in [0.15, 0.2) is 0 Å². The normalized spacial score (nSPS) is 10.2. The number of hydrogen-bond acceptors (Lipinski definition) is 4. The minimum Gasteiger partial charge on any atom is -0.506 e. The third-order valence-corrected chi connectivity index (χ3v) is 3.79. The molecule has 7 nitrogen and oxygen atoms in total. The van der Waals surface area contributed by atoms with Gasteiger partial charge in [0, 0.05) is 5.39 Å². The molecule has 0 saturated heterocycles. The molecule has 7 heteroatoms. The van der Waals surface area contributed by atoms with Crippen molar-refractivity contribution in [1.29, 1.82) is 0 Å². The molecular formula is C19H17N3O4. The first kappa shape index (κ1) is 17.1. The Morgan fingerprint density at radius 1 is 0.923 bits per heavy atom. The van der Waals surface area contributed by atoms with E-state index in [1.807, 2.05) is 12.1 Å². The molecule has 26 heavy (non-hydrogen) atoms. The number of aromatic hydroxyl groups is 1. The van der Waals surface area contributed by atoms with Crippen molar-refractivity contribution in [2.45, 2.75) is 0 Å². The number of amides is 3. The molecule has 3 rings (SSSR count). The molecule has 0 aliphatic rings. The van der Waals surface area contributed by atoms with Crippen LogP contribution in [0.15, 0.2) is 60.7 Å². The number of ether oxygens (including phenoxy) is 1. The highest BCUT2D eigenvalue weighted by Gasteiger charge is 2.14. The fourth-order valence-corrected chi connectivity index (χ4v) is 2.52. The summed E-state index contributed by atoms with van der Waals surface area (Å²) in [6.07, 6.45) is 0. The number of phenolic OH excluding ortho intramolecular Hbond substituents is 1. The van der Waals surface area contributed by atoms with Gasteiger partial charge in [-0.3, -0.25) is 10.2 Å². The summed E-state index contributed by atoms with van der Waals surface area (Å²) in [5.74, 6) is -0.294. The number of rotatable bonds is 3. The Bertz CT molecular complexity index is 972. The second-order valence-corrected chi connectivity index (χ2v) is 5.42. The van der Waals surface area contributed by atoms with Gasteiger partial charge in [0.25, 0.3) is 5.91 Å². The van der Waals surface area contributed by atoms with Gasteiger partial charge >= 0.3 is 6.03 Å². The molecule has 0 spiro atoms. The number of hydrazine groups is 1. The number of para-hydroxylation sites is 2. The topological polar surface area (TPSA) is 99.7 Å². The van der Waals surface area contributed by atoms with Crippen molar-refractivity contribution in [2.24, 2.45) is 0 Å². The maximum absolute atomic E-state index is 12.3. The Kier molecular flexibility index (Phi) is 4.89. The molecule has 0 aliphatic carbocycles. The molecule has 0 fully saturated rings. The van der Waals surface area contributed by atoms with E-state index in [0.717, 1.165) is 5.39 Å². The number of carbonyl (C=O) groups excluding carboxylic acids is 2. The van der Waals surface area contributed by atoms with E-state index in [2.05, 4.69) is 16.2 Å². The van der Waals surface area contributed by atoms with Crippen molar-refractivity contribution in [3.8, 4) is 11.5 Å². The lowest BCUT2D eigenvalue weighted by Gasteiger charge is -2.12. The standard InChI is InChI=1S/C19H17N3O4/c1-26-16-9-5-4-8-15(16)20-19(25)22-21-18(24)14-11-10-12-6-2-3-7-13(12)17(14)23/h2-11,23H,1H3,(H,21,24)(H2,20,22,25). The van der Waals surface area contributed by atoms with Crippen molar-refractivity contribution >= 4 is 28.4 Å². The summed E-state index contributed by atoms with van der Waals surface area (Å²) >= 11 is 0. The van der Waals surface area contributed by atoms with E-state index in [9.17, 15) is 14.7 Å². The molecule has 0 saturated carbocycles. The Morgan fingerprint density at radius 2 is 1.65 bits per heavy atom. The molecular weight excluding hydrogens is 334 g/mol. The molecule has 3 aromatic rings. The Morgan fingerprint density at radius 3 is 2.46 bits per heavy atom. The molecule has 0 bridgehead atoms. The van der Waals surface area contributed by atoms with Crippen LogP contribution in [-0.2, 0) is 0 Å². The van der Waals surface area contributed by atoms with Gasteiger partial charge in [0.05, 0.1) is 18.4 Å². The second kappa shape index (κ2) is 7.43. The molecule has 4 N–H and O–H groups in total. The van der Waals surface area contributed by atoms with E-state index in [1.54, 1.807) is 42.5 Å². The summed E-state index contributed by atoms with van der Waals surface area (Å²) in [7, 11) is 1.49. The zero-order valence-corrected chi connectivity index (χ0v) is 13.9. The fraction of sp³-hybridized carbons (Fsp3) is 0.0526. The number of benzene rings is 3. The Balaban J connectivity index is 1.67. The zero-order chi connectivity index (χ0) is 18.5. The van der Waals surface area contributed by atoms with Crippen LogP contribution in [0.3, 0.4) is 0 Å². The highest BCUT2D eigenvalue weighted by atomic mass is 16.5. The lowest BCUT2D eigenvalue weighted by atomic mass is 10.1. The van der Waals surface area contributed by atoms with Crippen LogP contribution in [0.1, 0.15) is 10.4 Å². The summed E-state index contributed by atoms with van der Waals surface area (Å²) in [5, 5.41) is 14.2. The van der Waals surface area contributed by atoms with Gasteiger partial charge in [-0.05, 0) is 23.6 Å². The maximum atomic E-state index is 12.3. The summed E-state index contributed by atoms with van der Waals surface area (Å²) in [6.45, 7) is 0. The number of phenols is 1. The average Bonchev–Trinajstić information content (AvgIpc) is 2.67. The van der Waals surface area contributed by atoms with E-state index in [1.165, 1.54) is 13.2 Å². The van der Waals surface area contributed by atoms with E-state index in [4.69, 9.17) is 4.74 Å². The molecule has 0 atom stereocenters. The molecule has 132 valence electrons. The van der Waals surface area contributed by atoms with Crippen LogP contribution in [0, 0.1) is 0 Å². The van der Waals surface area contributed by atoms with Gasteiger partial charge in [0.1, 0.15) is 11.5 Å². The first-order chi connectivity index (χ1) is 12.6. The molecule has 0 radical (unpaired) electrons. The van der Waals surface area contributed by atoms with E-state index >= 15 is 0 Å². The minimum atomic E-state index is -0.650. The first-order valence-electron chi connectivity index (χ1n) is 7.81. The highest BCUT2D eigenvalue weighted by molar-refractivity contribution is 6.04. The first-order valence-corrected chi connectivity index (χ1v) is 7.81. The minimum absolute atomic E-state index is 0.0568. The summed E-state index contributed by atoms with van der Waals surface area (Å²) in [5.41, 5.74) is 5.01. The lowest BCUT2D eigenvalue weighted by Crippen LogP contribution is -2.43. The van der Waals surface area contributed by atoms with Gasteiger partial charge in [-0.1, -0.05) is 42.5 Å². The number of urea groups is 1. The molecule has 3 amide bonds. The second-order valence-electron chi connectivity index (χ2n) is 5.42. The summed E-state index contributed by atoms with van der Waals surface area (Å²) in [6, 6.07) is 16.6. The van der Waals surface area contributed by atoms with Gasteiger partial charge in [-0.15, -0.1) is 0 Å². The van der Waals surface area contributed by atoms with Crippen molar-refractivity contribution in [1.82, 2.24) is 10.9 Å². The largest absolute Gasteiger partial charge is 0.506 e. The maximum Gasteiger partial charge on any atom is 0.338 e.